The first-order valence-electron chi connectivity index (χ1n) is 5.53. The van der Waals surface area contributed by atoms with E-state index in [1.165, 1.54) is 12.1 Å². The molecule has 0 unspecified atom stereocenters. The average Bonchev–Trinajstić information content (AvgIpc) is 2.29. The van der Waals surface area contributed by atoms with E-state index in [0.29, 0.717) is 11.3 Å². The maximum atomic E-state index is 13.7. The summed E-state index contributed by atoms with van der Waals surface area (Å²) >= 11 is 0. The van der Waals surface area contributed by atoms with E-state index in [1.807, 2.05) is 26.0 Å². The van der Waals surface area contributed by atoms with Crippen LogP contribution in [-0.2, 0) is 6.42 Å². The monoisotopic (exact) mass is 233 g/mol. The van der Waals surface area contributed by atoms with Gasteiger partial charge in [0.25, 0.3) is 0 Å². The van der Waals surface area contributed by atoms with Crippen LogP contribution in [-0.4, -0.2) is 4.98 Å². The minimum absolute atomic E-state index is 0.354. The van der Waals surface area contributed by atoms with E-state index in [0.717, 1.165) is 23.7 Å². The molecule has 1 heterocycles. The molecule has 0 radical (unpaired) electrons. The van der Waals surface area contributed by atoms with Gasteiger partial charge in [-0.2, -0.15) is 0 Å². The molecule has 0 fully saturated rings. The van der Waals surface area contributed by atoms with Gasteiger partial charge in [0.1, 0.15) is 11.6 Å². The second-order valence-electron chi connectivity index (χ2n) is 3.94. The fourth-order valence-electron chi connectivity index (χ4n) is 1.79. The molecule has 1 aromatic heterocycles. The maximum Gasteiger partial charge on any atom is 0.135 e. The lowest BCUT2D eigenvalue weighted by Crippen LogP contribution is -1.96. The number of aromatic nitrogens is 1. The molecule has 0 aliphatic heterocycles. The second-order valence-corrected chi connectivity index (χ2v) is 3.94. The highest BCUT2D eigenvalue weighted by Crippen LogP contribution is 2.25. The number of halogens is 2. The van der Waals surface area contributed by atoms with Gasteiger partial charge in [-0.3, -0.25) is 4.98 Å². The van der Waals surface area contributed by atoms with Crippen LogP contribution in [0.2, 0.25) is 0 Å². The Kier molecular flexibility index (Phi) is 3.18. The van der Waals surface area contributed by atoms with Gasteiger partial charge >= 0.3 is 0 Å². The molecule has 3 heteroatoms. The van der Waals surface area contributed by atoms with E-state index in [9.17, 15) is 8.78 Å². The van der Waals surface area contributed by atoms with Crippen LogP contribution in [0, 0.1) is 18.6 Å². The molecule has 0 aliphatic carbocycles. The van der Waals surface area contributed by atoms with Crippen LogP contribution in [0.5, 0.6) is 0 Å². The highest BCUT2D eigenvalue weighted by molar-refractivity contribution is 5.64. The summed E-state index contributed by atoms with van der Waals surface area (Å²) in [6.07, 6.45) is 0.763. The minimum atomic E-state index is -0.572. The first kappa shape index (κ1) is 11.7. The zero-order valence-electron chi connectivity index (χ0n) is 9.80. The molecule has 1 nitrogen and oxygen atoms in total. The molecule has 2 rings (SSSR count). The summed E-state index contributed by atoms with van der Waals surface area (Å²) in [4.78, 5) is 4.34. The summed E-state index contributed by atoms with van der Waals surface area (Å²) < 4.78 is 26.6. The lowest BCUT2D eigenvalue weighted by atomic mass is 10.0. The largest absolute Gasteiger partial charge is 0.253 e. The highest BCUT2D eigenvalue weighted by atomic mass is 19.1. The van der Waals surface area contributed by atoms with E-state index in [2.05, 4.69) is 4.98 Å². The summed E-state index contributed by atoms with van der Waals surface area (Å²) in [6, 6.07) is 7.40. The van der Waals surface area contributed by atoms with E-state index in [1.54, 1.807) is 0 Å². The predicted octanol–water partition coefficient (Wildman–Crippen LogP) is 3.90. The molecule has 0 saturated carbocycles. The number of hydrogen-bond donors (Lipinski definition) is 0. The predicted molar refractivity (Wildman–Crippen MR) is 63.7 cm³/mol. The van der Waals surface area contributed by atoms with Gasteiger partial charge in [-0.05, 0) is 37.1 Å². The van der Waals surface area contributed by atoms with Crippen molar-refractivity contribution in [3.63, 3.8) is 0 Å². The number of benzene rings is 1. The zero-order valence-corrected chi connectivity index (χ0v) is 9.80. The third-order valence-corrected chi connectivity index (χ3v) is 2.69. The molecule has 0 amide bonds. The lowest BCUT2D eigenvalue weighted by molar-refractivity contribution is 0.585. The number of rotatable bonds is 2. The van der Waals surface area contributed by atoms with Gasteiger partial charge in [-0.1, -0.05) is 13.0 Å². The number of nitrogens with zero attached hydrogens (tertiary/aromatic N) is 1. The summed E-state index contributed by atoms with van der Waals surface area (Å²) in [5.74, 6) is -1.14. The first-order chi connectivity index (χ1) is 8.11. The minimum Gasteiger partial charge on any atom is -0.253 e. The quantitative estimate of drug-likeness (QED) is 0.766. The summed E-state index contributed by atoms with van der Waals surface area (Å²) in [5.41, 5.74) is 2.74. The van der Waals surface area contributed by atoms with E-state index < -0.39 is 11.6 Å². The summed E-state index contributed by atoms with van der Waals surface area (Å²) in [5, 5.41) is 0. The van der Waals surface area contributed by atoms with Crippen molar-refractivity contribution < 1.29 is 8.78 Å². The van der Waals surface area contributed by atoms with Gasteiger partial charge in [-0.15, -0.1) is 0 Å². The van der Waals surface area contributed by atoms with Crippen molar-refractivity contribution in [2.75, 3.05) is 0 Å². The molecule has 0 bridgehead atoms. The standard InChI is InChI=1S/C14H13F2N/c1-3-10-5-4-9(2)17-14(10)12-7-6-11(15)8-13(12)16/h4-8H,3H2,1-2H3. The fourth-order valence-corrected chi connectivity index (χ4v) is 1.79. The van der Waals surface area contributed by atoms with Crippen LogP contribution in [0.15, 0.2) is 30.3 Å². The van der Waals surface area contributed by atoms with Gasteiger partial charge in [0.15, 0.2) is 0 Å². The molecule has 0 spiro atoms. The molecule has 0 N–H and O–H groups in total. The molecular weight excluding hydrogens is 220 g/mol. The van der Waals surface area contributed by atoms with Crippen molar-refractivity contribution in [1.29, 1.82) is 0 Å². The average molecular weight is 233 g/mol. The fraction of sp³-hybridized carbons (Fsp3) is 0.214. The van der Waals surface area contributed by atoms with E-state index in [4.69, 9.17) is 0 Å². The van der Waals surface area contributed by atoms with Gasteiger partial charge in [-0.25, -0.2) is 8.78 Å². The molecule has 0 atom stereocenters. The number of hydrogen-bond acceptors (Lipinski definition) is 1. The summed E-state index contributed by atoms with van der Waals surface area (Å²) in [7, 11) is 0. The first-order valence-corrected chi connectivity index (χ1v) is 5.53. The molecule has 17 heavy (non-hydrogen) atoms. The second kappa shape index (κ2) is 4.62. The summed E-state index contributed by atoms with van der Waals surface area (Å²) in [6.45, 7) is 3.83. The van der Waals surface area contributed by atoms with Gasteiger partial charge in [0.2, 0.25) is 0 Å². The number of pyridine rings is 1. The number of aryl methyl sites for hydroxylation is 2. The van der Waals surface area contributed by atoms with Crippen molar-refractivity contribution in [3.05, 3.63) is 53.2 Å². The Morgan fingerprint density at radius 1 is 1.12 bits per heavy atom. The topological polar surface area (TPSA) is 12.9 Å². The smallest absolute Gasteiger partial charge is 0.135 e. The van der Waals surface area contributed by atoms with Gasteiger partial charge in [0, 0.05) is 17.3 Å². The molecule has 0 aliphatic rings. The normalized spacial score (nSPS) is 10.6. The van der Waals surface area contributed by atoms with Crippen LogP contribution in [0.4, 0.5) is 8.78 Å². The lowest BCUT2D eigenvalue weighted by Gasteiger charge is -2.09. The van der Waals surface area contributed by atoms with Crippen molar-refractivity contribution in [2.24, 2.45) is 0 Å². The van der Waals surface area contributed by atoms with Gasteiger partial charge < -0.3 is 0 Å². The van der Waals surface area contributed by atoms with Crippen molar-refractivity contribution in [2.45, 2.75) is 20.3 Å². The Labute approximate surface area is 99.1 Å². The Morgan fingerprint density at radius 2 is 1.88 bits per heavy atom. The molecular formula is C14H13F2N. The van der Waals surface area contributed by atoms with Crippen LogP contribution in [0.3, 0.4) is 0 Å². The van der Waals surface area contributed by atoms with Crippen molar-refractivity contribution in [1.82, 2.24) is 4.98 Å². The van der Waals surface area contributed by atoms with Crippen molar-refractivity contribution in [3.8, 4) is 11.3 Å². The van der Waals surface area contributed by atoms with E-state index >= 15 is 0 Å². The third-order valence-electron chi connectivity index (χ3n) is 2.69. The van der Waals surface area contributed by atoms with Crippen LogP contribution >= 0.6 is 0 Å². The van der Waals surface area contributed by atoms with Crippen LogP contribution in [0.25, 0.3) is 11.3 Å². The van der Waals surface area contributed by atoms with E-state index in [-0.39, 0.29) is 0 Å². The molecule has 0 saturated heterocycles. The van der Waals surface area contributed by atoms with Crippen LogP contribution < -0.4 is 0 Å². The SMILES string of the molecule is CCc1ccc(C)nc1-c1ccc(F)cc1F. The highest BCUT2D eigenvalue weighted by Gasteiger charge is 2.11. The third kappa shape index (κ3) is 2.33. The maximum absolute atomic E-state index is 13.7. The molecule has 2 aromatic rings. The Balaban J connectivity index is 2.62. The molecule has 88 valence electrons. The van der Waals surface area contributed by atoms with Crippen LogP contribution in [0.1, 0.15) is 18.2 Å². The van der Waals surface area contributed by atoms with Gasteiger partial charge in [0.05, 0.1) is 5.69 Å². The Hall–Kier alpha value is -1.77. The Morgan fingerprint density at radius 3 is 2.53 bits per heavy atom. The Bertz CT molecular complexity index is 550. The molecule has 1 aromatic carbocycles. The zero-order chi connectivity index (χ0) is 12.4. The van der Waals surface area contributed by atoms with Crippen molar-refractivity contribution >= 4 is 0 Å².